The molecule has 18 heavy (non-hydrogen) atoms. The lowest BCUT2D eigenvalue weighted by Gasteiger charge is -2.06. The minimum absolute atomic E-state index is 0.437. The largest absolute Gasteiger partial charge is 0.372 e. The molecule has 0 heterocycles. The monoisotopic (exact) mass is 257 g/mol. The van der Waals surface area contributed by atoms with E-state index in [-0.39, 0.29) is 0 Å². The van der Waals surface area contributed by atoms with Gasteiger partial charge in [0, 0.05) is 5.02 Å². The van der Waals surface area contributed by atoms with E-state index in [2.05, 4.69) is 6.07 Å². The van der Waals surface area contributed by atoms with E-state index in [0.717, 1.165) is 11.1 Å². The molecule has 0 aliphatic carbocycles. The Balaban J connectivity index is 1.93. The van der Waals surface area contributed by atoms with Gasteiger partial charge >= 0.3 is 0 Å². The first-order valence-electron chi connectivity index (χ1n) is 5.60. The first-order chi connectivity index (χ1) is 8.79. The van der Waals surface area contributed by atoms with Gasteiger partial charge in [-0.3, -0.25) is 0 Å². The van der Waals surface area contributed by atoms with Gasteiger partial charge in [0.1, 0.15) is 0 Å². The number of hydrogen-bond donors (Lipinski definition) is 0. The van der Waals surface area contributed by atoms with Gasteiger partial charge in [-0.2, -0.15) is 5.26 Å². The molecule has 3 heteroatoms. The van der Waals surface area contributed by atoms with Crippen LogP contribution in [0, 0.1) is 11.3 Å². The minimum atomic E-state index is 0.437. The number of ether oxygens (including phenoxy) is 1. The van der Waals surface area contributed by atoms with E-state index in [9.17, 15) is 0 Å². The summed E-state index contributed by atoms with van der Waals surface area (Å²) in [5, 5.41) is 9.66. The maximum absolute atomic E-state index is 8.95. The molecule has 0 aromatic heterocycles. The van der Waals surface area contributed by atoms with Gasteiger partial charge in [-0.1, -0.05) is 41.9 Å². The molecule has 0 atom stereocenters. The molecule has 2 rings (SSSR count). The smallest absolute Gasteiger partial charge is 0.0995 e. The lowest BCUT2D eigenvalue weighted by molar-refractivity contribution is 0.107. The third kappa shape index (κ3) is 3.33. The second-order valence-corrected chi connectivity index (χ2v) is 4.32. The Hall–Kier alpha value is -1.82. The van der Waals surface area contributed by atoms with Crippen molar-refractivity contribution in [2.45, 2.75) is 13.2 Å². The van der Waals surface area contributed by atoms with E-state index in [1.165, 1.54) is 0 Å². The summed E-state index contributed by atoms with van der Waals surface area (Å²) < 4.78 is 5.59. The summed E-state index contributed by atoms with van der Waals surface area (Å²) in [5.74, 6) is 0. The zero-order valence-corrected chi connectivity index (χ0v) is 10.5. The van der Waals surface area contributed by atoms with Crippen LogP contribution in [0.2, 0.25) is 5.02 Å². The van der Waals surface area contributed by atoms with Gasteiger partial charge in [0.2, 0.25) is 0 Å². The van der Waals surface area contributed by atoms with Crippen LogP contribution >= 0.6 is 11.6 Å². The van der Waals surface area contributed by atoms with E-state index < -0.39 is 0 Å². The molecule has 0 aliphatic heterocycles. The van der Waals surface area contributed by atoms with Gasteiger partial charge in [0.25, 0.3) is 0 Å². The maximum Gasteiger partial charge on any atom is 0.0995 e. The Morgan fingerprint density at radius 2 is 1.72 bits per heavy atom. The summed E-state index contributed by atoms with van der Waals surface area (Å²) in [6.07, 6.45) is 0. The molecule has 2 nitrogen and oxygen atoms in total. The Bertz CT molecular complexity index is 557. The highest BCUT2D eigenvalue weighted by Crippen LogP contribution is 2.13. The van der Waals surface area contributed by atoms with Crippen LogP contribution in [0.5, 0.6) is 0 Å². The summed E-state index contributed by atoms with van der Waals surface area (Å²) >= 11 is 5.80. The SMILES string of the molecule is N#Cc1ccccc1COCc1ccc(Cl)cc1. The van der Waals surface area contributed by atoms with Crippen molar-refractivity contribution < 1.29 is 4.74 Å². The van der Waals surface area contributed by atoms with E-state index >= 15 is 0 Å². The molecule has 0 N–H and O–H groups in total. The fourth-order valence-corrected chi connectivity index (χ4v) is 1.74. The molecule has 0 aliphatic rings. The van der Waals surface area contributed by atoms with E-state index in [0.29, 0.717) is 23.8 Å². The minimum Gasteiger partial charge on any atom is -0.372 e. The van der Waals surface area contributed by atoms with Gasteiger partial charge in [-0.05, 0) is 29.3 Å². The molecule has 0 saturated heterocycles. The molecule has 90 valence electrons. The van der Waals surface area contributed by atoms with Crippen LogP contribution in [-0.2, 0) is 18.0 Å². The van der Waals surface area contributed by atoms with Gasteiger partial charge in [0.15, 0.2) is 0 Å². The zero-order valence-electron chi connectivity index (χ0n) is 9.77. The van der Waals surface area contributed by atoms with Crippen molar-refractivity contribution in [1.82, 2.24) is 0 Å². The normalized spacial score (nSPS) is 10.0. The van der Waals surface area contributed by atoms with E-state index in [4.69, 9.17) is 21.6 Å². The van der Waals surface area contributed by atoms with Gasteiger partial charge < -0.3 is 4.74 Å². The molecule has 0 radical (unpaired) electrons. The Labute approximate surface area is 111 Å². The first kappa shape index (κ1) is 12.6. The Morgan fingerprint density at radius 1 is 1.00 bits per heavy atom. The molecule has 0 bridgehead atoms. The Morgan fingerprint density at radius 3 is 2.44 bits per heavy atom. The number of nitrogens with zero attached hydrogens (tertiary/aromatic N) is 1. The fraction of sp³-hybridized carbons (Fsp3) is 0.133. The van der Waals surface area contributed by atoms with Crippen LogP contribution in [0.15, 0.2) is 48.5 Å². The van der Waals surface area contributed by atoms with E-state index in [1.807, 2.05) is 42.5 Å². The molecule has 0 spiro atoms. The van der Waals surface area contributed by atoms with Gasteiger partial charge in [0.05, 0.1) is 24.8 Å². The molecule has 0 saturated carbocycles. The van der Waals surface area contributed by atoms with Crippen molar-refractivity contribution in [3.05, 3.63) is 70.2 Å². The van der Waals surface area contributed by atoms with Crippen LogP contribution < -0.4 is 0 Å². The highest BCUT2D eigenvalue weighted by Gasteiger charge is 2.01. The van der Waals surface area contributed by atoms with Crippen LogP contribution in [-0.4, -0.2) is 0 Å². The van der Waals surface area contributed by atoms with Gasteiger partial charge in [-0.25, -0.2) is 0 Å². The second kappa shape index (κ2) is 6.20. The standard InChI is InChI=1S/C15H12ClNO/c16-15-7-5-12(6-8-15)10-18-11-14-4-2-1-3-13(14)9-17/h1-8H,10-11H2. The number of benzene rings is 2. The zero-order chi connectivity index (χ0) is 12.8. The first-order valence-corrected chi connectivity index (χ1v) is 5.97. The molecule has 0 fully saturated rings. The average molecular weight is 258 g/mol. The predicted octanol–water partition coefficient (Wildman–Crippen LogP) is 3.93. The quantitative estimate of drug-likeness (QED) is 0.831. The molecular formula is C15H12ClNO. The highest BCUT2D eigenvalue weighted by molar-refractivity contribution is 6.30. The molecule has 2 aromatic rings. The third-order valence-electron chi connectivity index (χ3n) is 2.58. The van der Waals surface area contributed by atoms with Crippen molar-refractivity contribution in [3.8, 4) is 6.07 Å². The van der Waals surface area contributed by atoms with Crippen molar-refractivity contribution in [2.24, 2.45) is 0 Å². The van der Waals surface area contributed by atoms with Gasteiger partial charge in [-0.15, -0.1) is 0 Å². The van der Waals surface area contributed by atoms with Crippen molar-refractivity contribution in [1.29, 1.82) is 5.26 Å². The van der Waals surface area contributed by atoms with Crippen LogP contribution in [0.3, 0.4) is 0 Å². The molecule has 0 amide bonds. The summed E-state index contributed by atoms with van der Waals surface area (Å²) in [6.45, 7) is 0.948. The lowest BCUT2D eigenvalue weighted by Crippen LogP contribution is -1.96. The second-order valence-electron chi connectivity index (χ2n) is 3.89. The molecular weight excluding hydrogens is 246 g/mol. The van der Waals surface area contributed by atoms with Crippen molar-refractivity contribution >= 4 is 11.6 Å². The summed E-state index contributed by atoms with van der Waals surface area (Å²) in [7, 11) is 0. The van der Waals surface area contributed by atoms with E-state index in [1.54, 1.807) is 6.07 Å². The summed E-state index contributed by atoms with van der Waals surface area (Å²) in [4.78, 5) is 0. The molecule has 0 unspecified atom stereocenters. The van der Waals surface area contributed by atoms with Crippen LogP contribution in [0.25, 0.3) is 0 Å². The Kier molecular flexibility index (Phi) is 4.35. The third-order valence-corrected chi connectivity index (χ3v) is 2.83. The fourth-order valence-electron chi connectivity index (χ4n) is 1.61. The molecule has 2 aromatic carbocycles. The number of rotatable bonds is 4. The number of nitriles is 1. The van der Waals surface area contributed by atoms with Crippen molar-refractivity contribution in [2.75, 3.05) is 0 Å². The highest BCUT2D eigenvalue weighted by atomic mass is 35.5. The summed E-state index contributed by atoms with van der Waals surface area (Å²) in [5.41, 5.74) is 2.64. The average Bonchev–Trinajstić information content (AvgIpc) is 2.41. The predicted molar refractivity (Wildman–Crippen MR) is 71.1 cm³/mol. The maximum atomic E-state index is 8.95. The lowest BCUT2D eigenvalue weighted by atomic mass is 10.1. The topological polar surface area (TPSA) is 33.0 Å². The van der Waals surface area contributed by atoms with Crippen LogP contribution in [0.1, 0.15) is 16.7 Å². The van der Waals surface area contributed by atoms with Crippen LogP contribution in [0.4, 0.5) is 0 Å². The summed E-state index contributed by atoms with van der Waals surface area (Å²) in [6, 6.07) is 17.1. The van der Waals surface area contributed by atoms with Crippen molar-refractivity contribution in [3.63, 3.8) is 0 Å². The number of halogens is 1. The number of hydrogen-bond acceptors (Lipinski definition) is 2.